The van der Waals surface area contributed by atoms with Gasteiger partial charge in [0.2, 0.25) is 0 Å². The van der Waals surface area contributed by atoms with Gasteiger partial charge in [0.25, 0.3) is 0 Å². The predicted octanol–water partition coefficient (Wildman–Crippen LogP) is 2.06. The first-order valence-corrected chi connectivity index (χ1v) is 7.73. The maximum atomic E-state index is 6.09. The van der Waals surface area contributed by atoms with Crippen molar-refractivity contribution in [2.75, 3.05) is 25.4 Å². The average Bonchev–Trinajstić information content (AvgIpc) is 2.97. The largest absolute Gasteiger partial charge is 0.382 e. The highest BCUT2D eigenvalue weighted by molar-refractivity contribution is 5.24. The number of nitrogens with zero attached hydrogens (tertiary/aromatic N) is 3. The van der Waals surface area contributed by atoms with Crippen molar-refractivity contribution in [1.82, 2.24) is 14.7 Å². The lowest BCUT2D eigenvalue weighted by atomic mass is 10.0. The fraction of sp³-hybridized carbons (Fsp3) is 0.800. The van der Waals surface area contributed by atoms with Crippen molar-refractivity contribution < 1.29 is 4.74 Å². The summed E-state index contributed by atoms with van der Waals surface area (Å²) >= 11 is 0. The van der Waals surface area contributed by atoms with E-state index in [2.05, 4.69) is 23.8 Å². The summed E-state index contributed by atoms with van der Waals surface area (Å²) in [6.07, 6.45) is 7.10. The molecule has 2 N–H and O–H groups in total. The first kappa shape index (κ1) is 13.9. The van der Waals surface area contributed by atoms with Crippen LogP contribution < -0.4 is 5.73 Å². The highest BCUT2D eigenvalue weighted by Crippen LogP contribution is 2.31. The van der Waals surface area contributed by atoms with Gasteiger partial charge in [-0.2, -0.15) is 5.10 Å². The van der Waals surface area contributed by atoms with Crippen molar-refractivity contribution in [3.05, 3.63) is 12.3 Å². The van der Waals surface area contributed by atoms with E-state index in [0.717, 1.165) is 32.5 Å². The van der Waals surface area contributed by atoms with Crippen LogP contribution in [0.2, 0.25) is 0 Å². The lowest BCUT2D eigenvalue weighted by Crippen LogP contribution is -2.40. The number of piperidine rings is 1. The minimum atomic E-state index is 0.0789. The third-order valence-electron chi connectivity index (χ3n) is 4.58. The second kappa shape index (κ2) is 5.37. The van der Waals surface area contributed by atoms with Crippen molar-refractivity contribution in [3.8, 4) is 0 Å². The molecule has 1 atom stereocenters. The molecule has 2 aliphatic heterocycles. The van der Waals surface area contributed by atoms with Gasteiger partial charge in [0, 0.05) is 25.8 Å². The molecule has 3 heterocycles. The van der Waals surface area contributed by atoms with E-state index in [9.17, 15) is 0 Å². The monoisotopic (exact) mass is 278 g/mol. The summed E-state index contributed by atoms with van der Waals surface area (Å²) < 4.78 is 8.12. The van der Waals surface area contributed by atoms with Crippen LogP contribution >= 0.6 is 0 Å². The fourth-order valence-corrected chi connectivity index (χ4v) is 3.42. The Hall–Kier alpha value is -1.07. The lowest BCUT2D eigenvalue weighted by molar-refractivity contribution is -0.0319. The van der Waals surface area contributed by atoms with Crippen LogP contribution in [0.25, 0.3) is 0 Å². The molecule has 1 aromatic rings. The Morgan fingerprint density at radius 2 is 2.10 bits per heavy atom. The van der Waals surface area contributed by atoms with Gasteiger partial charge in [-0.25, -0.2) is 0 Å². The molecule has 112 valence electrons. The van der Waals surface area contributed by atoms with Gasteiger partial charge in [-0.15, -0.1) is 0 Å². The van der Waals surface area contributed by atoms with Crippen LogP contribution in [0.15, 0.2) is 12.3 Å². The Bertz CT molecular complexity index is 448. The minimum Gasteiger partial charge on any atom is -0.382 e. The maximum Gasteiger partial charge on any atom is 0.145 e. The molecule has 0 radical (unpaired) electrons. The smallest absolute Gasteiger partial charge is 0.145 e. The number of nitrogens with two attached hydrogens (primary N) is 1. The molecule has 1 aromatic heterocycles. The van der Waals surface area contributed by atoms with E-state index < -0.39 is 0 Å². The standard InChI is InChI=1S/C15H26N4O/c1-15(2)7-3-13(20-15)11-18-8-4-12(5-9-18)19-10-6-14(16)17-19/h6,10,12-13H,3-5,7-9,11H2,1-2H3,(H2,16,17). The number of nitrogen functional groups attached to an aromatic ring is 1. The predicted molar refractivity (Wildman–Crippen MR) is 79.5 cm³/mol. The van der Waals surface area contributed by atoms with Gasteiger partial charge in [-0.05, 0) is 45.6 Å². The molecule has 0 spiro atoms. The summed E-state index contributed by atoms with van der Waals surface area (Å²) in [7, 11) is 0. The average molecular weight is 278 g/mol. The molecule has 0 saturated carbocycles. The summed E-state index contributed by atoms with van der Waals surface area (Å²) in [6.45, 7) is 7.73. The number of anilines is 1. The van der Waals surface area contributed by atoms with Gasteiger partial charge in [0.15, 0.2) is 0 Å². The molecule has 2 aliphatic rings. The van der Waals surface area contributed by atoms with Gasteiger partial charge in [0.05, 0.1) is 17.7 Å². The van der Waals surface area contributed by atoms with Crippen LogP contribution in [0, 0.1) is 0 Å². The molecule has 0 amide bonds. The van der Waals surface area contributed by atoms with Gasteiger partial charge in [-0.3, -0.25) is 4.68 Å². The van der Waals surface area contributed by atoms with E-state index in [1.807, 2.05) is 16.9 Å². The summed E-state index contributed by atoms with van der Waals surface area (Å²) in [5.74, 6) is 0.619. The molecule has 20 heavy (non-hydrogen) atoms. The highest BCUT2D eigenvalue weighted by Gasteiger charge is 2.33. The molecule has 5 heteroatoms. The van der Waals surface area contributed by atoms with Gasteiger partial charge >= 0.3 is 0 Å². The number of rotatable bonds is 3. The lowest BCUT2D eigenvalue weighted by Gasteiger charge is -2.33. The molecular formula is C15H26N4O. The SMILES string of the molecule is CC1(C)CCC(CN2CCC(n3ccc(N)n3)CC2)O1. The Labute approximate surface area is 121 Å². The van der Waals surface area contributed by atoms with Crippen LogP contribution in [0.3, 0.4) is 0 Å². The molecule has 0 bridgehead atoms. The van der Waals surface area contributed by atoms with Crippen LogP contribution in [0.1, 0.15) is 45.6 Å². The normalized spacial score (nSPS) is 28.0. The molecule has 0 aromatic carbocycles. The van der Waals surface area contributed by atoms with E-state index in [1.165, 1.54) is 12.8 Å². The second-order valence-corrected chi connectivity index (χ2v) is 6.79. The maximum absolute atomic E-state index is 6.09. The third kappa shape index (κ3) is 3.15. The first-order chi connectivity index (χ1) is 9.52. The van der Waals surface area contributed by atoms with Crippen molar-refractivity contribution in [3.63, 3.8) is 0 Å². The quantitative estimate of drug-likeness (QED) is 0.919. The number of ether oxygens (including phenoxy) is 1. The molecule has 2 fully saturated rings. The van der Waals surface area contributed by atoms with Crippen LogP contribution in [0.4, 0.5) is 5.82 Å². The number of hydrogen-bond donors (Lipinski definition) is 1. The highest BCUT2D eigenvalue weighted by atomic mass is 16.5. The summed E-state index contributed by atoms with van der Waals surface area (Å²) in [6, 6.07) is 2.38. The van der Waals surface area contributed by atoms with Crippen molar-refractivity contribution in [2.45, 2.75) is 57.3 Å². The molecular weight excluding hydrogens is 252 g/mol. The number of hydrogen-bond acceptors (Lipinski definition) is 4. The van der Waals surface area contributed by atoms with E-state index in [4.69, 9.17) is 10.5 Å². The second-order valence-electron chi connectivity index (χ2n) is 6.79. The first-order valence-electron chi connectivity index (χ1n) is 7.73. The topological polar surface area (TPSA) is 56.3 Å². The molecule has 5 nitrogen and oxygen atoms in total. The van der Waals surface area contributed by atoms with Crippen molar-refractivity contribution >= 4 is 5.82 Å². The Kier molecular flexibility index (Phi) is 3.73. The van der Waals surface area contributed by atoms with Crippen LogP contribution in [0.5, 0.6) is 0 Å². The summed E-state index contributed by atoms with van der Waals surface area (Å²) in [5.41, 5.74) is 5.77. The Balaban J connectivity index is 1.47. The Morgan fingerprint density at radius 1 is 1.35 bits per heavy atom. The molecule has 0 aliphatic carbocycles. The van der Waals surface area contributed by atoms with E-state index in [1.54, 1.807) is 0 Å². The van der Waals surface area contributed by atoms with E-state index >= 15 is 0 Å². The number of aromatic nitrogens is 2. The fourth-order valence-electron chi connectivity index (χ4n) is 3.42. The third-order valence-corrected chi connectivity index (χ3v) is 4.58. The molecule has 3 rings (SSSR count). The molecule has 1 unspecified atom stereocenters. The van der Waals surface area contributed by atoms with E-state index in [-0.39, 0.29) is 5.60 Å². The van der Waals surface area contributed by atoms with Crippen molar-refractivity contribution in [1.29, 1.82) is 0 Å². The van der Waals surface area contributed by atoms with Crippen LogP contribution in [-0.4, -0.2) is 46.0 Å². The van der Waals surface area contributed by atoms with Gasteiger partial charge in [0.1, 0.15) is 5.82 Å². The zero-order valence-electron chi connectivity index (χ0n) is 12.6. The zero-order chi connectivity index (χ0) is 14.2. The number of likely N-dealkylation sites (tertiary alicyclic amines) is 1. The summed E-state index contributed by atoms with van der Waals surface area (Å²) in [5, 5.41) is 4.33. The molecule has 2 saturated heterocycles. The van der Waals surface area contributed by atoms with Crippen LogP contribution in [-0.2, 0) is 4.74 Å². The van der Waals surface area contributed by atoms with Gasteiger partial charge < -0.3 is 15.4 Å². The van der Waals surface area contributed by atoms with E-state index in [0.29, 0.717) is 18.0 Å². The Morgan fingerprint density at radius 3 is 2.65 bits per heavy atom. The van der Waals surface area contributed by atoms with Gasteiger partial charge in [-0.1, -0.05) is 0 Å². The minimum absolute atomic E-state index is 0.0789. The van der Waals surface area contributed by atoms with Crippen molar-refractivity contribution in [2.24, 2.45) is 0 Å². The zero-order valence-corrected chi connectivity index (χ0v) is 12.6. The summed E-state index contributed by atoms with van der Waals surface area (Å²) in [4.78, 5) is 2.54.